The van der Waals surface area contributed by atoms with E-state index >= 15 is 0 Å². The highest BCUT2D eigenvalue weighted by Gasteiger charge is 2.03. The Bertz CT molecular complexity index is 446. The first-order valence-corrected chi connectivity index (χ1v) is 4.99. The lowest BCUT2D eigenvalue weighted by atomic mass is 10.0. The van der Waals surface area contributed by atoms with Crippen molar-refractivity contribution in [3.05, 3.63) is 47.8 Å². The minimum atomic E-state index is -0.125. The Hall–Kier alpha value is -1.37. The highest BCUT2D eigenvalue weighted by molar-refractivity contribution is 5.86. The SMILES string of the molecule is CCCc1ccc(F)c2ccccc12. The second-order valence-corrected chi connectivity index (χ2v) is 3.50. The zero-order valence-electron chi connectivity index (χ0n) is 8.26. The van der Waals surface area contributed by atoms with Gasteiger partial charge in [0.25, 0.3) is 0 Å². The minimum absolute atomic E-state index is 0.125. The minimum Gasteiger partial charge on any atom is -0.206 e. The lowest BCUT2D eigenvalue weighted by Crippen LogP contribution is -1.88. The van der Waals surface area contributed by atoms with Crippen LogP contribution in [0.25, 0.3) is 10.8 Å². The first-order chi connectivity index (χ1) is 6.83. The van der Waals surface area contributed by atoms with E-state index in [1.165, 1.54) is 5.56 Å². The van der Waals surface area contributed by atoms with Gasteiger partial charge < -0.3 is 0 Å². The van der Waals surface area contributed by atoms with Crippen LogP contribution < -0.4 is 0 Å². The third-order valence-electron chi connectivity index (χ3n) is 2.48. The molecular weight excluding hydrogens is 175 g/mol. The molecule has 0 unspecified atom stereocenters. The highest BCUT2D eigenvalue weighted by Crippen LogP contribution is 2.22. The van der Waals surface area contributed by atoms with E-state index in [0.717, 1.165) is 23.6 Å². The van der Waals surface area contributed by atoms with Crippen LogP contribution in [0.3, 0.4) is 0 Å². The van der Waals surface area contributed by atoms with Gasteiger partial charge in [0.15, 0.2) is 0 Å². The number of hydrogen-bond donors (Lipinski definition) is 0. The molecule has 2 aromatic rings. The second kappa shape index (κ2) is 3.79. The predicted octanol–water partition coefficient (Wildman–Crippen LogP) is 3.93. The van der Waals surface area contributed by atoms with Crippen molar-refractivity contribution >= 4 is 10.8 Å². The summed E-state index contributed by atoms with van der Waals surface area (Å²) in [5.74, 6) is -0.125. The van der Waals surface area contributed by atoms with E-state index in [2.05, 4.69) is 6.92 Å². The summed E-state index contributed by atoms with van der Waals surface area (Å²) >= 11 is 0. The zero-order chi connectivity index (χ0) is 9.97. The van der Waals surface area contributed by atoms with Gasteiger partial charge in [-0.05, 0) is 23.4 Å². The molecule has 0 aliphatic heterocycles. The lowest BCUT2D eigenvalue weighted by molar-refractivity contribution is 0.639. The number of aryl methyl sites for hydroxylation is 1. The first kappa shape index (κ1) is 9.20. The molecule has 0 bridgehead atoms. The summed E-state index contributed by atoms with van der Waals surface area (Å²) < 4.78 is 13.4. The Morgan fingerprint density at radius 2 is 1.71 bits per heavy atom. The van der Waals surface area contributed by atoms with Crippen LogP contribution in [0.1, 0.15) is 18.9 Å². The van der Waals surface area contributed by atoms with E-state index in [0.29, 0.717) is 0 Å². The molecule has 0 spiro atoms. The average molecular weight is 188 g/mol. The largest absolute Gasteiger partial charge is 0.206 e. The van der Waals surface area contributed by atoms with E-state index in [9.17, 15) is 4.39 Å². The highest BCUT2D eigenvalue weighted by atomic mass is 19.1. The molecule has 0 nitrogen and oxygen atoms in total. The molecule has 0 fully saturated rings. The van der Waals surface area contributed by atoms with Crippen LogP contribution in [-0.4, -0.2) is 0 Å². The van der Waals surface area contributed by atoms with Crippen LogP contribution in [0.15, 0.2) is 36.4 Å². The van der Waals surface area contributed by atoms with Gasteiger partial charge in [-0.2, -0.15) is 0 Å². The summed E-state index contributed by atoms with van der Waals surface area (Å²) in [7, 11) is 0. The Morgan fingerprint density at radius 3 is 2.43 bits per heavy atom. The van der Waals surface area contributed by atoms with E-state index in [1.807, 2.05) is 30.3 Å². The van der Waals surface area contributed by atoms with Crippen molar-refractivity contribution in [2.75, 3.05) is 0 Å². The summed E-state index contributed by atoms with van der Waals surface area (Å²) in [6.45, 7) is 2.14. The van der Waals surface area contributed by atoms with Crippen molar-refractivity contribution in [3.63, 3.8) is 0 Å². The van der Waals surface area contributed by atoms with Crippen LogP contribution >= 0.6 is 0 Å². The van der Waals surface area contributed by atoms with Gasteiger partial charge in [0.2, 0.25) is 0 Å². The van der Waals surface area contributed by atoms with Gasteiger partial charge in [-0.3, -0.25) is 0 Å². The van der Waals surface area contributed by atoms with Crippen LogP contribution in [0.4, 0.5) is 4.39 Å². The fraction of sp³-hybridized carbons (Fsp3) is 0.231. The number of benzene rings is 2. The molecule has 2 aromatic carbocycles. The summed E-state index contributed by atoms with van der Waals surface area (Å²) in [6.07, 6.45) is 2.11. The molecule has 0 N–H and O–H groups in total. The molecular formula is C13H13F. The summed E-state index contributed by atoms with van der Waals surface area (Å²) in [4.78, 5) is 0. The van der Waals surface area contributed by atoms with E-state index in [4.69, 9.17) is 0 Å². The predicted molar refractivity (Wildman–Crippen MR) is 57.9 cm³/mol. The van der Waals surface area contributed by atoms with E-state index in [1.54, 1.807) is 6.07 Å². The summed E-state index contributed by atoms with van der Waals surface area (Å²) in [5.41, 5.74) is 1.24. The van der Waals surface area contributed by atoms with Crippen molar-refractivity contribution in [2.45, 2.75) is 19.8 Å². The second-order valence-electron chi connectivity index (χ2n) is 3.50. The topological polar surface area (TPSA) is 0 Å². The monoisotopic (exact) mass is 188 g/mol. The molecule has 0 atom stereocenters. The maximum absolute atomic E-state index is 13.4. The van der Waals surface area contributed by atoms with Gasteiger partial charge in [-0.15, -0.1) is 0 Å². The molecule has 0 amide bonds. The fourth-order valence-corrected chi connectivity index (χ4v) is 1.81. The van der Waals surface area contributed by atoms with Gasteiger partial charge in [0.05, 0.1) is 0 Å². The maximum atomic E-state index is 13.4. The van der Waals surface area contributed by atoms with E-state index in [-0.39, 0.29) is 5.82 Å². The van der Waals surface area contributed by atoms with Crippen molar-refractivity contribution in [2.24, 2.45) is 0 Å². The first-order valence-electron chi connectivity index (χ1n) is 4.99. The van der Waals surface area contributed by atoms with Crippen LogP contribution in [-0.2, 0) is 6.42 Å². The van der Waals surface area contributed by atoms with Crippen LogP contribution in [0.5, 0.6) is 0 Å². The van der Waals surface area contributed by atoms with Crippen LogP contribution in [0.2, 0.25) is 0 Å². The summed E-state index contributed by atoms with van der Waals surface area (Å²) in [5, 5.41) is 1.78. The number of hydrogen-bond acceptors (Lipinski definition) is 0. The molecule has 72 valence electrons. The normalized spacial score (nSPS) is 10.7. The average Bonchev–Trinajstić information content (AvgIpc) is 2.23. The summed E-state index contributed by atoms with van der Waals surface area (Å²) in [6, 6.07) is 11.1. The fourth-order valence-electron chi connectivity index (χ4n) is 1.81. The Kier molecular flexibility index (Phi) is 2.49. The Balaban J connectivity index is 2.68. The quantitative estimate of drug-likeness (QED) is 0.669. The van der Waals surface area contributed by atoms with Crippen molar-refractivity contribution < 1.29 is 4.39 Å². The molecule has 2 rings (SSSR count). The van der Waals surface area contributed by atoms with Crippen molar-refractivity contribution in [3.8, 4) is 0 Å². The molecule has 14 heavy (non-hydrogen) atoms. The molecule has 0 aliphatic rings. The Morgan fingerprint density at radius 1 is 1.00 bits per heavy atom. The molecule has 1 heteroatoms. The Labute approximate surface area is 83.4 Å². The van der Waals surface area contributed by atoms with Gasteiger partial charge in [0, 0.05) is 5.39 Å². The lowest BCUT2D eigenvalue weighted by Gasteiger charge is -2.05. The number of halogens is 1. The molecule has 0 heterocycles. The zero-order valence-corrected chi connectivity index (χ0v) is 8.26. The maximum Gasteiger partial charge on any atom is 0.131 e. The van der Waals surface area contributed by atoms with Gasteiger partial charge >= 0.3 is 0 Å². The van der Waals surface area contributed by atoms with Crippen molar-refractivity contribution in [1.82, 2.24) is 0 Å². The van der Waals surface area contributed by atoms with Gasteiger partial charge in [-0.1, -0.05) is 43.7 Å². The van der Waals surface area contributed by atoms with Crippen molar-refractivity contribution in [1.29, 1.82) is 0 Å². The van der Waals surface area contributed by atoms with Gasteiger partial charge in [-0.25, -0.2) is 4.39 Å². The van der Waals surface area contributed by atoms with E-state index < -0.39 is 0 Å². The molecule has 0 saturated heterocycles. The molecule has 0 aromatic heterocycles. The third-order valence-corrected chi connectivity index (χ3v) is 2.48. The van der Waals surface area contributed by atoms with Gasteiger partial charge in [0.1, 0.15) is 5.82 Å². The standard InChI is InChI=1S/C13H13F/c1-2-5-10-8-9-13(14)12-7-4-3-6-11(10)12/h3-4,6-9H,2,5H2,1H3. The number of fused-ring (bicyclic) bond motifs is 1. The molecule has 0 saturated carbocycles. The number of rotatable bonds is 2. The van der Waals surface area contributed by atoms with Crippen LogP contribution in [0, 0.1) is 5.82 Å². The third kappa shape index (κ3) is 1.50. The molecule has 0 aliphatic carbocycles. The molecule has 0 radical (unpaired) electrons. The smallest absolute Gasteiger partial charge is 0.131 e.